The Morgan fingerprint density at radius 2 is 1.72 bits per heavy atom. The molecule has 0 aromatic carbocycles. The van der Waals surface area contributed by atoms with E-state index in [1.54, 1.807) is 0 Å². The molecule has 1 atom stereocenters. The van der Waals surface area contributed by atoms with Crippen molar-refractivity contribution in [2.75, 3.05) is 19.6 Å². The van der Waals surface area contributed by atoms with Crippen LogP contribution in [0.1, 0.15) is 45.4 Å². The monoisotopic (exact) mass is 267 g/mol. The number of nitrogens with zero attached hydrogens (tertiary/aromatic N) is 1. The zero-order chi connectivity index (χ0) is 13.6. The normalized spacial score (nSPS) is 21.8. The number of hydrogen-bond donors (Lipinski definition) is 2. The van der Waals surface area contributed by atoms with Crippen LogP contribution < -0.4 is 11.2 Å². The van der Waals surface area contributed by atoms with E-state index in [9.17, 15) is 13.2 Å². The first-order chi connectivity index (χ1) is 8.35. The molecule has 0 amide bonds. The van der Waals surface area contributed by atoms with E-state index < -0.39 is 18.1 Å². The smallest absolute Gasteiger partial charge is 0.329 e. The lowest BCUT2D eigenvalue weighted by molar-refractivity contribution is -0.136. The highest BCUT2D eigenvalue weighted by Crippen LogP contribution is 2.25. The standard InChI is InChI=1S/C12H24F3N3/c1-11(10-16,6-5-7-12(13,14)15)17-18-8-3-2-4-9-18/h17H,2-10,16H2,1H3. The lowest BCUT2D eigenvalue weighted by Crippen LogP contribution is -2.57. The van der Waals surface area contributed by atoms with Gasteiger partial charge in [0.05, 0.1) is 0 Å². The molecule has 108 valence electrons. The Bertz CT molecular complexity index is 239. The van der Waals surface area contributed by atoms with Crippen molar-refractivity contribution in [3.63, 3.8) is 0 Å². The molecule has 18 heavy (non-hydrogen) atoms. The molecule has 1 aliphatic heterocycles. The van der Waals surface area contributed by atoms with Crippen LogP contribution in [0.15, 0.2) is 0 Å². The van der Waals surface area contributed by atoms with Gasteiger partial charge in [-0.3, -0.25) is 0 Å². The number of hydrazine groups is 1. The van der Waals surface area contributed by atoms with Crippen molar-refractivity contribution in [2.45, 2.75) is 57.2 Å². The SMILES string of the molecule is CC(CN)(CCCC(F)(F)F)NN1CCCCC1. The Morgan fingerprint density at radius 3 is 2.22 bits per heavy atom. The average Bonchev–Trinajstić information content (AvgIpc) is 2.28. The van der Waals surface area contributed by atoms with Crippen molar-refractivity contribution in [3.8, 4) is 0 Å². The minimum Gasteiger partial charge on any atom is -0.329 e. The molecule has 1 heterocycles. The van der Waals surface area contributed by atoms with Crippen molar-refractivity contribution in [1.29, 1.82) is 0 Å². The minimum absolute atomic E-state index is 0.123. The van der Waals surface area contributed by atoms with E-state index in [-0.39, 0.29) is 6.42 Å². The molecule has 0 saturated carbocycles. The quantitative estimate of drug-likeness (QED) is 0.776. The summed E-state index contributed by atoms with van der Waals surface area (Å²) in [6.07, 6.45) is -0.736. The molecule has 1 unspecified atom stereocenters. The van der Waals surface area contributed by atoms with E-state index in [4.69, 9.17) is 5.73 Å². The summed E-state index contributed by atoms with van der Waals surface area (Å²) >= 11 is 0. The first kappa shape index (κ1) is 15.7. The van der Waals surface area contributed by atoms with Gasteiger partial charge >= 0.3 is 6.18 Å². The molecule has 0 aromatic rings. The zero-order valence-electron chi connectivity index (χ0n) is 11.0. The number of nitrogens with two attached hydrogens (primary N) is 1. The topological polar surface area (TPSA) is 41.3 Å². The first-order valence-electron chi connectivity index (χ1n) is 6.64. The number of halogens is 3. The van der Waals surface area contributed by atoms with Gasteiger partial charge in [0, 0.05) is 31.6 Å². The van der Waals surface area contributed by atoms with Crippen LogP contribution in [0, 0.1) is 0 Å². The molecule has 0 bridgehead atoms. The highest BCUT2D eigenvalue weighted by Gasteiger charge is 2.30. The molecule has 3 N–H and O–H groups in total. The van der Waals surface area contributed by atoms with Gasteiger partial charge in [-0.25, -0.2) is 10.4 Å². The fourth-order valence-corrected chi connectivity index (χ4v) is 2.27. The number of nitrogens with one attached hydrogen (secondary N) is 1. The predicted octanol–water partition coefficient (Wildman–Crippen LogP) is 2.43. The summed E-state index contributed by atoms with van der Waals surface area (Å²) in [5.41, 5.74) is 8.58. The van der Waals surface area contributed by atoms with Crippen molar-refractivity contribution >= 4 is 0 Å². The summed E-state index contributed by atoms with van der Waals surface area (Å²) in [6.45, 7) is 4.16. The van der Waals surface area contributed by atoms with Gasteiger partial charge in [-0.05, 0) is 32.6 Å². The second-order valence-electron chi connectivity index (χ2n) is 5.39. The molecule has 1 rings (SSSR count). The second kappa shape index (κ2) is 6.73. The minimum atomic E-state index is -4.07. The van der Waals surface area contributed by atoms with Crippen LogP contribution >= 0.6 is 0 Å². The highest BCUT2D eigenvalue weighted by atomic mass is 19.4. The van der Waals surface area contributed by atoms with Crippen LogP contribution in [0.25, 0.3) is 0 Å². The molecule has 1 fully saturated rings. The van der Waals surface area contributed by atoms with Crippen LogP contribution in [-0.4, -0.2) is 36.4 Å². The molecular formula is C12H24F3N3. The van der Waals surface area contributed by atoms with Crippen LogP contribution in [-0.2, 0) is 0 Å². The second-order valence-corrected chi connectivity index (χ2v) is 5.39. The molecule has 3 nitrogen and oxygen atoms in total. The Balaban J connectivity index is 2.35. The van der Waals surface area contributed by atoms with Gasteiger partial charge in [0.15, 0.2) is 0 Å². The summed E-state index contributed by atoms with van der Waals surface area (Å²) < 4.78 is 36.4. The van der Waals surface area contributed by atoms with Crippen LogP contribution in [0.2, 0.25) is 0 Å². The van der Waals surface area contributed by atoms with Gasteiger partial charge in [-0.2, -0.15) is 13.2 Å². The summed E-state index contributed by atoms with van der Waals surface area (Å²) in [7, 11) is 0. The fourth-order valence-electron chi connectivity index (χ4n) is 2.27. The third kappa shape index (κ3) is 6.02. The Kier molecular flexibility index (Phi) is 5.88. The lowest BCUT2D eigenvalue weighted by atomic mass is 9.95. The molecular weight excluding hydrogens is 243 g/mol. The van der Waals surface area contributed by atoms with Gasteiger partial charge in [-0.1, -0.05) is 6.42 Å². The molecule has 0 aromatic heterocycles. The Morgan fingerprint density at radius 1 is 1.11 bits per heavy atom. The third-order valence-electron chi connectivity index (χ3n) is 3.42. The molecule has 1 saturated heterocycles. The summed E-state index contributed by atoms with van der Waals surface area (Å²) in [4.78, 5) is 0. The molecule has 6 heteroatoms. The lowest BCUT2D eigenvalue weighted by Gasteiger charge is -2.38. The first-order valence-corrected chi connectivity index (χ1v) is 6.64. The maximum Gasteiger partial charge on any atom is 0.389 e. The van der Waals surface area contributed by atoms with E-state index in [1.807, 2.05) is 6.92 Å². The fraction of sp³-hybridized carbons (Fsp3) is 1.00. The van der Waals surface area contributed by atoms with Crippen molar-refractivity contribution in [1.82, 2.24) is 10.4 Å². The number of hydrogen-bond acceptors (Lipinski definition) is 3. The van der Waals surface area contributed by atoms with E-state index in [1.165, 1.54) is 6.42 Å². The number of rotatable bonds is 6. The Labute approximate surface area is 107 Å². The highest BCUT2D eigenvalue weighted by molar-refractivity contribution is 4.84. The van der Waals surface area contributed by atoms with E-state index in [2.05, 4.69) is 10.4 Å². The van der Waals surface area contributed by atoms with Crippen molar-refractivity contribution in [2.24, 2.45) is 5.73 Å². The van der Waals surface area contributed by atoms with Gasteiger partial charge < -0.3 is 5.73 Å². The van der Waals surface area contributed by atoms with Crippen molar-refractivity contribution in [3.05, 3.63) is 0 Å². The zero-order valence-corrected chi connectivity index (χ0v) is 11.0. The molecule has 0 aliphatic carbocycles. The molecule has 0 radical (unpaired) electrons. The van der Waals surface area contributed by atoms with Crippen LogP contribution in [0.3, 0.4) is 0 Å². The van der Waals surface area contributed by atoms with Crippen molar-refractivity contribution < 1.29 is 13.2 Å². The summed E-state index contributed by atoms with van der Waals surface area (Å²) in [5.74, 6) is 0. The third-order valence-corrected chi connectivity index (χ3v) is 3.42. The van der Waals surface area contributed by atoms with Crippen LogP contribution in [0.5, 0.6) is 0 Å². The van der Waals surface area contributed by atoms with Gasteiger partial charge in [-0.15, -0.1) is 0 Å². The summed E-state index contributed by atoms with van der Waals surface area (Å²) in [6, 6.07) is 0. The van der Waals surface area contributed by atoms with E-state index >= 15 is 0 Å². The Hall–Kier alpha value is -0.330. The maximum atomic E-state index is 12.1. The van der Waals surface area contributed by atoms with Gasteiger partial charge in [0.2, 0.25) is 0 Å². The van der Waals surface area contributed by atoms with E-state index in [0.717, 1.165) is 25.9 Å². The average molecular weight is 267 g/mol. The number of alkyl halides is 3. The molecule has 1 aliphatic rings. The predicted molar refractivity (Wildman–Crippen MR) is 65.9 cm³/mol. The van der Waals surface area contributed by atoms with Gasteiger partial charge in [0.1, 0.15) is 0 Å². The summed E-state index contributed by atoms with van der Waals surface area (Å²) in [5, 5.41) is 2.10. The van der Waals surface area contributed by atoms with Gasteiger partial charge in [0.25, 0.3) is 0 Å². The molecule has 0 spiro atoms. The maximum absolute atomic E-state index is 12.1. The van der Waals surface area contributed by atoms with Crippen LogP contribution in [0.4, 0.5) is 13.2 Å². The van der Waals surface area contributed by atoms with E-state index in [0.29, 0.717) is 13.0 Å². The number of piperidine rings is 1. The largest absolute Gasteiger partial charge is 0.389 e.